The summed E-state index contributed by atoms with van der Waals surface area (Å²) >= 11 is 0. The van der Waals surface area contributed by atoms with Crippen LogP contribution < -0.4 is 0 Å². The second-order valence-corrected chi connectivity index (χ2v) is 2.76. The average molecular weight is 202 g/mol. The predicted molar refractivity (Wildman–Crippen MR) is 46.6 cm³/mol. The van der Waals surface area contributed by atoms with E-state index in [1.165, 1.54) is 0 Å². The van der Waals surface area contributed by atoms with Crippen molar-refractivity contribution in [3.63, 3.8) is 0 Å². The normalized spacial score (nSPS) is 14.6. The minimum Gasteiger partial charge on any atom is -0.384 e. The highest BCUT2D eigenvalue weighted by Crippen LogP contribution is 2.20. The molecule has 0 bridgehead atoms. The van der Waals surface area contributed by atoms with Crippen molar-refractivity contribution in [2.75, 3.05) is 0 Å². The zero-order chi connectivity index (χ0) is 10.6. The van der Waals surface area contributed by atoms with E-state index in [2.05, 4.69) is 0 Å². The van der Waals surface area contributed by atoms with Gasteiger partial charge in [-0.3, -0.25) is 0 Å². The molecule has 14 heavy (non-hydrogen) atoms. The van der Waals surface area contributed by atoms with Gasteiger partial charge in [-0.2, -0.15) is 13.2 Å². The molecule has 4 heteroatoms. The quantitative estimate of drug-likeness (QED) is 0.731. The summed E-state index contributed by atoms with van der Waals surface area (Å²) in [5, 5.41) is 9.30. The lowest BCUT2D eigenvalue weighted by Crippen LogP contribution is -2.02. The number of halogens is 3. The summed E-state index contributed by atoms with van der Waals surface area (Å²) in [7, 11) is 0. The summed E-state index contributed by atoms with van der Waals surface area (Å²) in [5.74, 6) is 0. The van der Waals surface area contributed by atoms with Crippen LogP contribution in [0.25, 0.3) is 0 Å². The molecule has 0 aliphatic rings. The third kappa shape index (κ3) is 3.62. The van der Waals surface area contributed by atoms with Crippen LogP contribution in [0.15, 0.2) is 42.5 Å². The molecule has 1 aromatic carbocycles. The number of benzene rings is 1. The van der Waals surface area contributed by atoms with E-state index in [0.717, 1.165) is 6.08 Å². The van der Waals surface area contributed by atoms with Crippen molar-refractivity contribution >= 4 is 0 Å². The number of hydrogen-bond donors (Lipinski definition) is 1. The van der Waals surface area contributed by atoms with Crippen molar-refractivity contribution in [1.29, 1.82) is 0 Å². The lowest BCUT2D eigenvalue weighted by molar-refractivity contribution is -0.0805. The lowest BCUT2D eigenvalue weighted by Gasteiger charge is -2.05. The number of allylic oxidation sites excluding steroid dienone is 1. The fraction of sp³-hybridized carbons (Fsp3) is 0.200. The number of alkyl halides is 3. The SMILES string of the molecule is OC(/C=C\C(F)(F)F)c1ccccc1. The van der Waals surface area contributed by atoms with Crippen LogP contribution in [0.5, 0.6) is 0 Å². The first kappa shape index (κ1) is 10.8. The van der Waals surface area contributed by atoms with Crippen LogP contribution >= 0.6 is 0 Å². The molecule has 1 aromatic rings. The molecule has 0 aromatic heterocycles. The number of aliphatic hydroxyl groups excluding tert-OH is 1. The van der Waals surface area contributed by atoms with E-state index in [-0.39, 0.29) is 6.08 Å². The molecule has 1 nitrogen and oxygen atoms in total. The fourth-order valence-electron chi connectivity index (χ4n) is 0.962. The molecule has 0 aliphatic heterocycles. The standard InChI is InChI=1S/C10H9F3O/c11-10(12,13)7-6-9(14)8-4-2-1-3-5-8/h1-7,9,14H/b7-6-. The lowest BCUT2D eigenvalue weighted by atomic mass is 10.1. The fourth-order valence-corrected chi connectivity index (χ4v) is 0.962. The average Bonchev–Trinajstić information content (AvgIpc) is 2.14. The summed E-state index contributed by atoms with van der Waals surface area (Å²) in [4.78, 5) is 0. The van der Waals surface area contributed by atoms with Crippen molar-refractivity contribution in [2.45, 2.75) is 12.3 Å². The Bertz CT molecular complexity index is 303. The van der Waals surface area contributed by atoms with Gasteiger partial charge in [-0.1, -0.05) is 30.3 Å². The number of hydrogen-bond acceptors (Lipinski definition) is 1. The largest absolute Gasteiger partial charge is 0.409 e. The summed E-state index contributed by atoms with van der Waals surface area (Å²) in [6.07, 6.45) is -4.84. The Morgan fingerprint density at radius 1 is 1.14 bits per heavy atom. The van der Waals surface area contributed by atoms with Crippen molar-refractivity contribution in [2.24, 2.45) is 0 Å². The van der Waals surface area contributed by atoms with Gasteiger partial charge in [-0.25, -0.2) is 0 Å². The zero-order valence-electron chi connectivity index (χ0n) is 7.20. The van der Waals surface area contributed by atoms with Gasteiger partial charge in [0.05, 0.1) is 6.10 Å². The van der Waals surface area contributed by atoms with Crippen LogP contribution in [0.1, 0.15) is 11.7 Å². The Morgan fingerprint density at radius 3 is 2.21 bits per heavy atom. The molecule has 0 saturated heterocycles. The van der Waals surface area contributed by atoms with E-state index in [1.807, 2.05) is 0 Å². The molecular weight excluding hydrogens is 193 g/mol. The maximum absolute atomic E-state index is 11.7. The van der Waals surface area contributed by atoms with Crippen LogP contribution in [0.4, 0.5) is 13.2 Å². The molecule has 1 unspecified atom stereocenters. The summed E-state index contributed by atoms with van der Waals surface area (Å²) in [6, 6.07) is 8.15. The molecule has 1 atom stereocenters. The smallest absolute Gasteiger partial charge is 0.384 e. The topological polar surface area (TPSA) is 20.2 Å². The van der Waals surface area contributed by atoms with Crippen molar-refractivity contribution in [3.05, 3.63) is 48.0 Å². The zero-order valence-corrected chi connectivity index (χ0v) is 7.20. The van der Waals surface area contributed by atoms with Gasteiger partial charge in [-0.05, 0) is 11.6 Å². The molecule has 0 amide bonds. The van der Waals surface area contributed by atoms with Gasteiger partial charge >= 0.3 is 6.18 Å². The van der Waals surface area contributed by atoms with Crippen LogP contribution in [-0.2, 0) is 0 Å². The predicted octanol–water partition coefficient (Wildman–Crippen LogP) is 2.84. The van der Waals surface area contributed by atoms with Gasteiger partial charge in [0, 0.05) is 6.08 Å². The van der Waals surface area contributed by atoms with Gasteiger partial charge in [0.25, 0.3) is 0 Å². The first-order chi connectivity index (χ1) is 6.49. The Balaban J connectivity index is 2.69. The Hall–Kier alpha value is -1.29. The molecular formula is C10H9F3O. The molecule has 0 heterocycles. The van der Waals surface area contributed by atoms with Crippen LogP contribution in [0, 0.1) is 0 Å². The Morgan fingerprint density at radius 2 is 1.71 bits per heavy atom. The highest BCUT2D eigenvalue weighted by molar-refractivity contribution is 5.21. The van der Waals surface area contributed by atoms with Crippen LogP contribution in [0.2, 0.25) is 0 Å². The molecule has 0 aliphatic carbocycles. The van der Waals surface area contributed by atoms with E-state index >= 15 is 0 Å². The Labute approximate surface area is 79.5 Å². The summed E-state index contributed by atoms with van der Waals surface area (Å²) in [5.41, 5.74) is 0.438. The minimum atomic E-state index is -4.38. The van der Waals surface area contributed by atoms with Crippen LogP contribution in [-0.4, -0.2) is 11.3 Å². The summed E-state index contributed by atoms with van der Waals surface area (Å²) < 4.78 is 35.2. The van der Waals surface area contributed by atoms with E-state index in [1.54, 1.807) is 30.3 Å². The van der Waals surface area contributed by atoms with Crippen molar-refractivity contribution < 1.29 is 18.3 Å². The minimum absolute atomic E-state index is 0.0324. The first-order valence-electron chi connectivity index (χ1n) is 3.98. The molecule has 1 N–H and O–H groups in total. The van der Waals surface area contributed by atoms with E-state index in [9.17, 15) is 18.3 Å². The molecule has 0 spiro atoms. The van der Waals surface area contributed by atoms with E-state index < -0.39 is 12.3 Å². The number of rotatable bonds is 2. The second-order valence-electron chi connectivity index (χ2n) is 2.76. The molecule has 1 rings (SSSR count). The van der Waals surface area contributed by atoms with Crippen molar-refractivity contribution in [1.82, 2.24) is 0 Å². The number of aliphatic hydroxyl groups is 1. The molecule has 76 valence electrons. The molecule has 0 radical (unpaired) electrons. The Kier molecular flexibility index (Phi) is 3.30. The van der Waals surface area contributed by atoms with Gasteiger partial charge < -0.3 is 5.11 Å². The maximum Gasteiger partial charge on any atom is 0.409 e. The van der Waals surface area contributed by atoms with Crippen molar-refractivity contribution in [3.8, 4) is 0 Å². The monoisotopic (exact) mass is 202 g/mol. The van der Waals surface area contributed by atoms with Crippen LogP contribution in [0.3, 0.4) is 0 Å². The highest BCUT2D eigenvalue weighted by Gasteiger charge is 2.22. The van der Waals surface area contributed by atoms with Gasteiger partial charge in [-0.15, -0.1) is 0 Å². The summed E-state index contributed by atoms with van der Waals surface area (Å²) in [6.45, 7) is 0. The molecule has 0 saturated carbocycles. The second kappa shape index (κ2) is 4.28. The van der Waals surface area contributed by atoms with E-state index in [0.29, 0.717) is 5.56 Å². The van der Waals surface area contributed by atoms with Gasteiger partial charge in [0.2, 0.25) is 0 Å². The molecule has 0 fully saturated rings. The highest BCUT2D eigenvalue weighted by atomic mass is 19.4. The third-order valence-corrected chi connectivity index (χ3v) is 1.61. The van der Waals surface area contributed by atoms with Gasteiger partial charge in [0.15, 0.2) is 0 Å². The van der Waals surface area contributed by atoms with Gasteiger partial charge in [0.1, 0.15) is 0 Å². The van der Waals surface area contributed by atoms with E-state index in [4.69, 9.17) is 0 Å². The maximum atomic E-state index is 11.7. The third-order valence-electron chi connectivity index (χ3n) is 1.61. The first-order valence-corrected chi connectivity index (χ1v) is 3.98.